The molecule has 31 heavy (non-hydrogen) atoms. The van der Waals surface area contributed by atoms with Gasteiger partial charge in [0.2, 0.25) is 15.9 Å². The van der Waals surface area contributed by atoms with E-state index >= 15 is 0 Å². The summed E-state index contributed by atoms with van der Waals surface area (Å²) in [4.78, 5) is 24.7. The summed E-state index contributed by atoms with van der Waals surface area (Å²) in [6, 6.07) is 13.9. The fourth-order valence-corrected chi connectivity index (χ4v) is 4.11. The van der Waals surface area contributed by atoms with Crippen LogP contribution in [-0.2, 0) is 14.8 Å². The number of carbonyl (C=O) groups excluding carboxylic acids is 1. The molecule has 2 rings (SSSR count). The number of amides is 1. The zero-order valence-electron chi connectivity index (χ0n) is 17.9. The molecule has 0 bridgehead atoms. The number of hydrogen-bond acceptors (Lipinski definition) is 6. The van der Waals surface area contributed by atoms with Crippen LogP contribution in [-0.4, -0.2) is 52.2 Å². The van der Waals surface area contributed by atoms with Gasteiger partial charge in [0.15, 0.2) is 0 Å². The highest BCUT2D eigenvalue weighted by molar-refractivity contribution is 7.92. The quantitative estimate of drug-likeness (QED) is 0.418. The first-order valence-corrected chi connectivity index (χ1v) is 11.7. The molecule has 168 valence electrons. The van der Waals surface area contributed by atoms with Crippen molar-refractivity contribution in [1.29, 1.82) is 0 Å². The third-order valence-corrected chi connectivity index (χ3v) is 5.98. The van der Waals surface area contributed by atoms with Crippen LogP contribution in [0.3, 0.4) is 0 Å². The molecule has 0 aliphatic rings. The molecule has 1 amide bonds. The largest absolute Gasteiger partial charge is 0.373 e. The molecule has 0 fully saturated rings. The second kappa shape index (κ2) is 10.8. The summed E-state index contributed by atoms with van der Waals surface area (Å²) in [5.41, 5.74) is 1.72. The molecule has 2 aromatic carbocycles. The van der Waals surface area contributed by atoms with Crippen molar-refractivity contribution in [1.82, 2.24) is 5.32 Å². The number of anilines is 2. The van der Waals surface area contributed by atoms with Gasteiger partial charge in [0, 0.05) is 50.9 Å². The van der Waals surface area contributed by atoms with Crippen LogP contribution in [0.5, 0.6) is 0 Å². The first kappa shape index (κ1) is 24.1. The molecule has 0 radical (unpaired) electrons. The molecule has 2 aromatic rings. The van der Waals surface area contributed by atoms with E-state index in [-0.39, 0.29) is 36.7 Å². The number of nitrogens with one attached hydrogen (secondary N) is 1. The minimum Gasteiger partial charge on any atom is -0.373 e. The Morgan fingerprint density at radius 2 is 1.81 bits per heavy atom. The van der Waals surface area contributed by atoms with Gasteiger partial charge in [0.25, 0.3) is 5.69 Å². The number of aryl methyl sites for hydroxylation is 1. The lowest BCUT2D eigenvalue weighted by Crippen LogP contribution is -2.34. The molecular weight excluding hydrogens is 420 g/mol. The lowest BCUT2D eigenvalue weighted by molar-refractivity contribution is -0.384. The van der Waals surface area contributed by atoms with Crippen molar-refractivity contribution in [2.24, 2.45) is 0 Å². The average Bonchev–Trinajstić information content (AvgIpc) is 2.71. The normalized spacial score (nSPS) is 11.1. The van der Waals surface area contributed by atoms with Crippen LogP contribution >= 0.6 is 0 Å². The molecule has 0 heterocycles. The number of hydrogen-bond donors (Lipinski definition) is 1. The fraction of sp³-hybridized carbons (Fsp3) is 0.381. The van der Waals surface area contributed by atoms with Crippen molar-refractivity contribution in [3.8, 4) is 0 Å². The summed E-state index contributed by atoms with van der Waals surface area (Å²) in [5.74, 6) is -0.175. The summed E-state index contributed by atoms with van der Waals surface area (Å²) in [6.07, 6.45) is 1.48. The molecule has 0 unspecified atom stereocenters. The molecule has 1 N–H and O–H groups in total. The highest BCUT2D eigenvalue weighted by atomic mass is 32.2. The second-order valence-electron chi connectivity index (χ2n) is 7.27. The number of para-hydroxylation sites is 1. The van der Waals surface area contributed by atoms with Gasteiger partial charge in [-0.05, 0) is 31.0 Å². The number of benzene rings is 2. The second-order valence-corrected chi connectivity index (χ2v) is 9.18. The van der Waals surface area contributed by atoms with Gasteiger partial charge in [-0.2, -0.15) is 0 Å². The third-order valence-electron chi connectivity index (χ3n) is 4.80. The molecule has 0 aliphatic carbocycles. The van der Waals surface area contributed by atoms with Crippen LogP contribution in [0.25, 0.3) is 0 Å². The molecule has 0 aromatic heterocycles. The summed E-state index contributed by atoms with van der Waals surface area (Å²) in [6.45, 7) is 2.84. The van der Waals surface area contributed by atoms with Crippen molar-refractivity contribution in [3.05, 3.63) is 64.2 Å². The van der Waals surface area contributed by atoms with Crippen LogP contribution < -0.4 is 14.5 Å². The number of likely N-dealkylation sites (N-methyl/N-ethyl adjacent to an activating group) is 1. The van der Waals surface area contributed by atoms with E-state index in [1.165, 1.54) is 18.2 Å². The Morgan fingerprint density at radius 3 is 2.42 bits per heavy atom. The lowest BCUT2D eigenvalue weighted by atomic mass is 10.1. The Kier molecular flexibility index (Phi) is 8.38. The molecule has 9 nitrogen and oxygen atoms in total. The number of non-ortho nitro benzene ring substituents is 1. The van der Waals surface area contributed by atoms with Gasteiger partial charge < -0.3 is 10.2 Å². The van der Waals surface area contributed by atoms with Crippen molar-refractivity contribution in [2.75, 3.05) is 42.1 Å². The number of carbonyl (C=O) groups is 1. The molecule has 0 aliphatic heterocycles. The van der Waals surface area contributed by atoms with Crippen molar-refractivity contribution in [3.63, 3.8) is 0 Å². The number of nitro groups is 1. The predicted octanol–water partition coefficient (Wildman–Crippen LogP) is 2.70. The van der Waals surface area contributed by atoms with Crippen LogP contribution in [0, 0.1) is 17.0 Å². The van der Waals surface area contributed by atoms with Crippen molar-refractivity contribution < 1.29 is 18.1 Å². The van der Waals surface area contributed by atoms with Gasteiger partial charge >= 0.3 is 0 Å². The van der Waals surface area contributed by atoms with E-state index < -0.39 is 14.9 Å². The molecule has 0 atom stereocenters. The summed E-state index contributed by atoms with van der Waals surface area (Å²) in [5, 5.41) is 13.9. The molecular formula is C21H28N4O5S. The van der Waals surface area contributed by atoms with Crippen LogP contribution in [0.15, 0.2) is 48.5 Å². The minimum absolute atomic E-state index is 0.0537. The topological polar surface area (TPSA) is 113 Å². The average molecular weight is 449 g/mol. The highest BCUT2D eigenvalue weighted by Gasteiger charge is 2.22. The van der Waals surface area contributed by atoms with E-state index in [1.54, 1.807) is 6.92 Å². The summed E-state index contributed by atoms with van der Waals surface area (Å²) < 4.78 is 25.7. The van der Waals surface area contributed by atoms with E-state index in [4.69, 9.17) is 0 Å². The SMILES string of the molecule is Cc1ccc([N+](=O)[O-])cc1N(CCCC(=O)NCCN(C)c1ccccc1)S(C)(=O)=O. The first-order valence-electron chi connectivity index (χ1n) is 9.85. The fourth-order valence-electron chi connectivity index (χ4n) is 3.09. The number of nitrogens with zero attached hydrogens (tertiary/aromatic N) is 3. The Bertz CT molecular complexity index is 1010. The smallest absolute Gasteiger partial charge is 0.271 e. The van der Waals surface area contributed by atoms with Gasteiger partial charge in [-0.3, -0.25) is 19.2 Å². The Balaban J connectivity index is 1.90. The lowest BCUT2D eigenvalue weighted by Gasteiger charge is -2.24. The predicted molar refractivity (Wildman–Crippen MR) is 122 cm³/mol. The molecule has 10 heteroatoms. The van der Waals surface area contributed by atoms with Gasteiger partial charge in [-0.15, -0.1) is 0 Å². The molecule has 0 saturated heterocycles. The van der Waals surface area contributed by atoms with E-state index in [0.717, 1.165) is 16.2 Å². The number of nitro benzene ring substituents is 1. The van der Waals surface area contributed by atoms with Crippen molar-refractivity contribution >= 4 is 33.0 Å². The number of sulfonamides is 1. The zero-order chi connectivity index (χ0) is 23.0. The van der Waals surface area contributed by atoms with Gasteiger partial charge in [-0.25, -0.2) is 8.42 Å². The minimum atomic E-state index is -3.67. The van der Waals surface area contributed by atoms with Crippen LogP contribution in [0.4, 0.5) is 17.1 Å². The third kappa shape index (κ3) is 7.25. The number of rotatable bonds is 11. The summed E-state index contributed by atoms with van der Waals surface area (Å²) in [7, 11) is -1.73. The van der Waals surface area contributed by atoms with E-state index in [0.29, 0.717) is 18.7 Å². The first-order chi connectivity index (χ1) is 14.6. The maximum absolute atomic E-state index is 12.3. The molecule has 0 spiro atoms. The van der Waals surface area contributed by atoms with Gasteiger partial charge in [-0.1, -0.05) is 24.3 Å². The van der Waals surface area contributed by atoms with Gasteiger partial charge in [0.05, 0.1) is 16.9 Å². The maximum Gasteiger partial charge on any atom is 0.271 e. The Morgan fingerprint density at radius 1 is 1.13 bits per heavy atom. The molecule has 0 saturated carbocycles. The van der Waals surface area contributed by atoms with Crippen LogP contribution in [0.1, 0.15) is 18.4 Å². The zero-order valence-corrected chi connectivity index (χ0v) is 18.8. The summed E-state index contributed by atoms with van der Waals surface area (Å²) >= 11 is 0. The highest BCUT2D eigenvalue weighted by Crippen LogP contribution is 2.27. The standard InChI is InChI=1S/C21H28N4O5S/c1-17-11-12-19(25(27)28)16-20(17)24(31(3,29)30)14-7-10-21(26)22-13-15-23(2)18-8-5-4-6-9-18/h4-6,8-9,11-12,16H,7,10,13-15H2,1-3H3,(H,22,26). The Hall–Kier alpha value is -3.14. The monoisotopic (exact) mass is 448 g/mol. The van der Waals surface area contributed by atoms with E-state index in [2.05, 4.69) is 5.32 Å². The maximum atomic E-state index is 12.3. The van der Waals surface area contributed by atoms with Gasteiger partial charge in [0.1, 0.15) is 0 Å². The van der Waals surface area contributed by atoms with Crippen LogP contribution in [0.2, 0.25) is 0 Å². The van der Waals surface area contributed by atoms with E-state index in [9.17, 15) is 23.3 Å². The van der Waals surface area contributed by atoms with Crippen molar-refractivity contribution in [2.45, 2.75) is 19.8 Å². The van der Waals surface area contributed by atoms with E-state index in [1.807, 2.05) is 42.3 Å². The Labute approximate surface area is 182 Å².